The van der Waals surface area contributed by atoms with Crippen molar-refractivity contribution in [2.75, 3.05) is 23.4 Å². The predicted molar refractivity (Wildman–Crippen MR) is 101 cm³/mol. The lowest BCUT2D eigenvalue weighted by molar-refractivity contribution is -0.116. The third kappa shape index (κ3) is 5.73. The average Bonchev–Trinajstić information content (AvgIpc) is 2.95. The second-order valence-electron chi connectivity index (χ2n) is 5.42. The van der Waals surface area contributed by atoms with Crippen molar-refractivity contribution in [3.63, 3.8) is 0 Å². The van der Waals surface area contributed by atoms with Gasteiger partial charge >= 0.3 is 0 Å². The Kier molecular flexibility index (Phi) is 7.48. The molecule has 0 radical (unpaired) electrons. The van der Waals surface area contributed by atoms with Gasteiger partial charge in [-0.15, -0.1) is 23.7 Å². The molecule has 2 N–H and O–H groups in total. The summed E-state index contributed by atoms with van der Waals surface area (Å²) in [4.78, 5) is 17.3. The van der Waals surface area contributed by atoms with Crippen LogP contribution >= 0.6 is 35.5 Å². The summed E-state index contributed by atoms with van der Waals surface area (Å²) in [5.74, 6) is 1.82. The normalized spacial score (nSPS) is 17.1. The van der Waals surface area contributed by atoms with Crippen LogP contribution in [0.15, 0.2) is 30.5 Å². The Hall–Kier alpha value is -1.15. The maximum atomic E-state index is 13.2. The van der Waals surface area contributed by atoms with Crippen LogP contribution in [0.1, 0.15) is 16.9 Å². The molecule has 24 heavy (non-hydrogen) atoms. The Morgan fingerprint density at radius 1 is 1.46 bits per heavy atom. The smallest absolute Gasteiger partial charge is 0.227 e. The number of benzene rings is 1. The molecular weight excluding hydrogens is 369 g/mol. The van der Waals surface area contributed by atoms with E-state index in [9.17, 15) is 9.18 Å². The van der Waals surface area contributed by atoms with Crippen LogP contribution in [0.2, 0.25) is 0 Å². The molecule has 2 heterocycles. The fourth-order valence-corrected chi connectivity index (χ4v) is 4.25. The van der Waals surface area contributed by atoms with E-state index in [1.807, 2.05) is 17.8 Å². The van der Waals surface area contributed by atoms with Crippen molar-refractivity contribution >= 4 is 46.5 Å². The molecule has 1 aromatic heterocycles. The van der Waals surface area contributed by atoms with Crippen molar-refractivity contribution in [1.82, 2.24) is 10.3 Å². The highest BCUT2D eigenvalue weighted by molar-refractivity contribution is 7.99. The molecule has 130 valence electrons. The number of amides is 1. The number of hydrogen-bond donors (Lipinski definition) is 2. The van der Waals surface area contributed by atoms with Crippen LogP contribution in [-0.2, 0) is 11.2 Å². The summed E-state index contributed by atoms with van der Waals surface area (Å²) in [7, 11) is 0. The van der Waals surface area contributed by atoms with Crippen molar-refractivity contribution in [3.8, 4) is 0 Å². The molecule has 1 atom stereocenters. The summed E-state index contributed by atoms with van der Waals surface area (Å²) in [6.07, 6.45) is 2.82. The maximum absolute atomic E-state index is 13.2. The van der Waals surface area contributed by atoms with Crippen molar-refractivity contribution in [1.29, 1.82) is 0 Å². The molecule has 4 nitrogen and oxygen atoms in total. The van der Waals surface area contributed by atoms with Gasteiger partial charge in [0.2, 0.25) is 5.91 Å². The van der Waals surface area contributed by atoms with E-state index in [0.717, 1.165) is 28.5 Å². The highest BCUT2D eigenvalue weighted by Crippen LogP contribution is 2.22. The predicted octanol–water partition coefficient (Wildman–Crippen LogP) is 3.33. The van der Waals surface area contributed by atoms with Gasteiger partial charge in [-0.3, -0.25) is 4.79 Å². The zero-order chi connectivity index (χ0) is 16.1. The van der Waals surface area contributed by atoms with Gasteiger partial charge in [0.15, 0.2) is 5.13 Å². The van der Waals surface area contributed by atoms with Crippen molar-refractivity contribution in [2.45, 2.75) is 18.9 Å². The molecule has 0 spiro atoms. The Bertz CT molecular complexity index is 677. The summed E-state index contributed by atoms with van der Waals surface area (Å²) in [6.45, 7) is 0.956. The first-order valence-electron chi connectivity index (χ1n) is 7.49. The molecule has 0 bridgehead atoms. The number of anilines is 1. The lowest BCUT2D eigenvalue weighted by Gasteiger charge is -2.22. The zero-order valence-corrected chi connectivity index (χ0v) is 15.4. The largest absolute Gasteiger partial charge is 0.312 e. The lowest BCUT2D eigenvalue weighted by Crippen LogP contribution is -2.39. The van der Waals surface area contributed by atoms with Gasteiger partial charge < -0.3 is 10.6 Å². The first-order valence-corrected chi connectivity index (χ1v) is 9.46. The molecule has 0 saturated carbocycles. The molecule has 1 unspecified atom stereocenters. The molecule has 1 amide bonds. The van der Waals surface area contributed by atoms with E-state index in [4.69, 9.17) is 0 Å². The maximum Gasteiger partial charge on any atom is 0.227 e. The molecular formula is C16H19ClFN3OS2. The monoisotopic (exact) mass is 387 g/mol. The molecule has 1 aliphatic rings. The standard InChI is InChI=1S/C16H18FN3OS2.ClH/c17-12-3-1-2-11(6-12)7-14-9-19-16(23-14)20-15(21)8-13-10-22-5-4-18-13;/h1-3,6,9,13,18H,4-5,7-8,10H2,(H,19,20,21);1H. The van der Waals surface area contributed by atoms with Crippen LogP contribution < -0.4 is 10.6 Å². The highest BCUT2D eigenvalue weighted by Gasteiger charge is 2.17. The van der Waals surface area contributed by atoms with Crippen LogP contribution in [0.3, 0.4) is 0 Å². The first kappa shape index (κ1) is 19.2. The number of carbonyl (C=O) groups is 1. The molecule has 1 aliphatic heterocycles. The second-order valence-corrected chi connectivity index (χ2v) is 7.68. The molecule has 1 fully saturated rings. The van der Waals surface area contributed by atoms with Crippen LogP contribution in [0.25, 0.3) is 0 Å². The highest BCUT2D eigenvalue weighted by atomic mass is 35.5. The fraction of sp³-hybridized carbons (Fsp3) is 0.375. The van der Waals surface area contributed by atoms with Crippen molar-refractivity contribution in [2.24, 2.45) is 0 Å². The Labute approximate surface area is 155 Å². The lowest BCUT2D eigenvalue weighted by atomic mass is 10.1. The van der Waals surface area contributed by atoms with E-state index >= 15 is 0 Å². The van der Waals surface area contributed by atoms with E-state index in [0.29, 0.717) is 18.0 Å². The van der Waals surface area contributed by atoms with E-state index in [-0.39, 0.29) is 30.2 Å². The summed E-state index contributed by atoms with van der Waals surface area (Å²) >= 11 is 3.30. The number of thioether (sulfide) groups is 1. The number of nitrogens with one attached hydrogen (secondary N) is 2. The Balaban J connectivity index is 0.00000208. The van der Waals surface area contributed by atoms with Gasteiger partial charge in [0.1, 0.15) is 5.82 Å². The average molecular weight is 388 g/mol. The van der Waals surface area contributed by atoms with Gasteiger partial charge in [-0.1, -0.05) is 12.1 Å². The van der Waals surface area contributed by atoms with E-state index in [1.54, 1.807) is 12.3 Å². The molecule has 3 rings (SSSR count). The SMILES string of the molecule is Cl.O=C(CC1CSCCN1)Nc1ncc(Cc2cccc(F)c2)s1. The van der Waals surface area contributed by atoms with Gasteiger partial charge in [0, 0.05) is 48.0 Å². The minimum atomic E-state index is -0.238. The second kappa shape index (κ2) is 9.36. The van der Waals surface area contributed by atoms with Gasteiger partial charge in [0.05, 0.1) is 0 Å². The number of hydrogen-bond acceptors (Lipinski definition) is 5. The zero-order valence-electron chi connectivity index (χ0n) is 13.0. The summed E-state index contributed by atoms with van der Waals surface area (Å²) in [6, 6.07) is 6.77. The third-order valence-electron chi connectivity index (χ3n) is 3.50. The molecule has 2 aromatic rings. The molecule has 8 heteroatoms. The third-order valence-corrected chi connectivity index (χ3v) is 5.54. The fourth-order valence-electron chi connectivity index (χ4n) is 2.44. The number of aromatic nitrogens is 1. The van der Waals surface area contributed by atoms with Crippen molar-refractivity contribution < 1.29 is 9.18 Å². The van der Waals surface area contributed by atoms with Crippen molar-refractivity contribution in [3.05, 3.63) is 46.7 Å². The van der Waals surface area contributed by atoms with Crippen LogP contribution in [0.4, 0.5) is 9.52 Å². The van der Waals surface area contributed by atoms with E-state index in [1.165, 1.54) is 23.5 Å². The molecule has 0 aliphatic carbocycles. The number of nitrogens with zero attached hydrogens (tertiary/aromatic N) is 1. The minimum Gasteiger partial charge on any atom is -0.312 e. The number of rotatable bonds is 5. The quantitative estimate of drug-likeness (QED) is 0.826. The number of halogens is 2. The first-order chi connectivity index (χ1) is 11.2. The minimum absolute atomic E-state index is 0. The topological polar surface area (TPSA) is 54.0 Å². The van der Waals surface area contributed by atoms with Gasteiger partial charge in [-0.25, -0.2) is 9.37 Å². The van der Waals surface area contributed by atoms with E-state index < -0.39 is 0 Å². The van der Waals surface area contributed by atoms with Gasteiger partial charge in [-0.05, 0) is 17.7 Å². The van der Waals surface area contributed by atoms with E-state index in [2.05, 4.69) is 15.6 Å². The number of carbonyl (C=O) groups excluding carboxylic acids is 1. The van der Waals surface area contributed by atoms with Crippen LogP contribution in [-0.4, -0.2) is 35.0 Å². The summed E-state index contributed by atoms with van der Waals surface area (Å²) < 4.78 is 13.2. The number of thiazole rings is 1. The van der Waals surface area contributed by atoms with Gasteiger partial charge in [-0.2, -0.15) is 11.8 Å². The van der Waals surface area contributed by atoms with Gasteiger partial charge in [0.25, 0.3) is 0 Å². The molecule has 1 saturated heterocycles. The summed E-state index contributed by atoms with van der Waals surface area (Å²) in [5.41, 5.74) is 0.898. The van der Waals surface area contributed by atoms with Crippen LogP contribution in [0.5, 0.6) is 0 Å². The Morgan fingerprint density at radius 3 is 3.08 bits per heavy atom. The Morgan fingerprint density at radius 2 is 2.33 bits per heavy atom. The summed E-state index contributed by atoms with van der Waals surface area (Å²) in [5, 5.41) is 6.80. The molecule has 1 aromatic carbocycles. The van der Waals surface area contributed by atoms with Crippen LogP contribution in [0, 0.1) is 5.82 Å².